The predicted molar refractivity (Wildman–Crippen MR) is 185 cm³/mol. The normalized spacial score (nSPS) is 13.8. The quantitative estimate of drug-likeness (QED) is 0.123. The molecule has 10 nitrogen and oxygen atoms in total. The number of fused-ring (bicyclic) bond motifs is 3. The molecule has 0 saturated heterocycles. The van der Waals surface area contributed by atoms with Crippen LogP contribution in [0.1, 0.15) is 43.4 Å². The number of carbonyl (C=O) groups is 2. The van der Waals surface area contributed by atoms with Crippen molar-refractivity contribution in [3.8, 4) is 22.6 Å². The highest BCUT2D eigenvalue weighted by Crippen LogP contribution is 2.56. The highest BCUT2D eigenvalue weighted by atomic mass is 16.6. The number of hydrogen-bond donors (Lipinski definition) is 2. The van der Waals surface area contributed by atoms with Gasteiger partial charge in [-0.2, -0.15) is 0 Å². The summed E-state index contributed by atoms with van der Waals surface area (Å²) in [6.45, 7) is -0.646. The third-order valence-electron chi connectivity index (χ3n) is 8.67. The zero-order valence-electron chi connectivity index (χ0n) is 27.3. The number of benzene rings is 4. The number of rotatable bonds is 14. The van der Waals surface area contributed by atoms with Crippen molar-refractivity contribution in [2.75, 3.05) is 26.4 Å². The van der Waals surface area contributed by atoms with Crippen LogP contribution >= 0.6 is 0 Å². The van der Waals surface area contributed by atoms with E-state index in [9.17, 15) is 19.8 Å². The van der Waals surface area contributed by atoms with E-state index in [0.29, 0.717) is 11.5 Å². The number of esters is 2. The van der Waals surface area contributed by atoms with Crippen LogP contribution in [-0.4, -0.2) is 60.8 Å². The van der Waals surface area contributed by atoms with E-state index in [-0.39, 0.29) is 37.9 Å². The molecule has 258 valence electrons. The van der Waals surface area contributed by atoms with Crippen LogP contribution in [0.2, 0.25) is 0 Å². The highest BCUT2D eigenvalue weighted by Gasteiger charge is 2.45. The van der Waals surface area contributed by atoms with Crippen molar-refractivity contribution in [1.82, 2.24) is 0 Å². The Morgan fingerprint density at radius 3 is 1.33 bits per heavy atom. The summed E-state index contributed by atoms with van der Waals surface area (Å²) in [7, 11) is 0. The fourth-order valence-corrected chi connectivity index (χ4v) is 6.38. The van der Waals surface area contributed by atoms with E-state index in [2.05, 4.69) is 24.3 Å². The minimum atomic E-state index is -1.04. The fraction of sp³-hybridized carbons (Fsp3) is 0.171. The molecule has 2 aromatic heterocycles. The Balaban J connectivity index is 1.09. The van der Waals surface area contributed by atoms with Crippen LogP contribution < -0.4 is 9.47 Å². The molecule has 6 aromatic rings. The van der Waals surface area contributed by atoms with E-state index in [0.717, 1.165) is 33.4 Å². The maximum atomic E-state index is 12.0. The molecular weight excluding hydrogens is 652 g/mol. The summed E-state index contributed by atoms with van der Waals surface area (Å²) in [4.78, 5) is 24.0. The first kappa shape index (κ1) is 33.4. The van der Waals surface area contributed by atoms with Gasteiger partial charge in [-0.15, -0.1) is 0 Å². The third-order valence-corrected chi connectivity index (χ3v) is 8.67. The van der Waals surface area contributed by atoms with E-state index in [1.807, 2.05) is 72.8 Å². The number of aliphatic hydroxyl groups excluding tert-OH is 2. The van der Waals surface area contributed by atoms with Gasteiger partial charge in [-0.3, -0.25) is 0 Å². The molecule has 2 heterocycles. The Morgan fingerprint density at radius 2 is 0.941 bits per heavy atom. The van der Waals surface area contributed by atoms with E-state index in [4.69, 9.17) is 27.8 Å². The van der Waals surface area contributed by atoms with Crippen LogP contribution in [-0.2, 0) is 14.9 Å². The van der Waals surface area contributed by atoms with Gasteiger partial charge in [0.1, 0.15) is 50.1 Å². The molecule has 51 heavy (non-hydrogen) atoms. The molecule has 0 spiro atoms. The molecule has 7 rings (SSSR count). The van der Waals surface area contributed by atoms with Crippen molar-refractivity contribution in [2.24, 2.45) is 0 Å². The standard InChI is InChI=1S/C41H34O10/c42-29(25-50-39(44)37-11-5-21-46-37)23-48-31-17-13-27(14-18-31)41(35-9-3-1-7-33(35)34-8-2-4-10-36(34)41)28-15-19-32(20-16-28)49-24-30(43)26-51-40(45)38-12-6-22-47-38/h1-22,29-30,42-43H,23-26H2. The summed E-state index contributed by atoms with van der Waals surface area (Å²) >= 11 is 0. The van der Waals surface area contributed by atoms with Crippen molar-refractivity contribution in [2.45, 2.75) is 17.6 Å². The van der Waals surface area contributed by atoms with Crippen molar-refractivity contribution in [3.63, 3.8) is 0 Å². The molecule has 1 aliphatic carbocycles. The lowest BCUT2D eigenvalue weighted by Gasteiger charge is -2.34. The smallest absolute Gasteiger partial charge is 0.374 e. The van der Waals surface area contributed by atoms with Gasteiger partial charge in [0.15, 0.2) is 0 Å². The van der Waals surface area contributed by atoms with Crippen LogP contribution in [0.3, 0.4) is 0 Å². The molecule has 2 unspecified atom stereocenters. The van der Waals surface area contributed by atoms with Crippen LogP contribution in [0.5, 0.6) is 11.5 Å². The molecule has 4 aromatic carbocycles. The van der Waals surface area contributed by atoms with Crippen molar-refractivity contribution in [1.29, 1.82) is 0 Å². The average Bonchev–Trinajstić information content (AvgIpc) is 3.96. The number of carbonyl (C=O) groups excluding carboxylic acids is 2. The van der Waals surface area contributed by atoms with Crippen LogP contribution in [0.25, 0.3) is 11.1 Å². The zero-order valence-corrected chi connectivity index (χ0v) is 27.3. The third kappa shape index (κ3) is 6.87. The summed E-state index contributed by atoms with van der Waals surface area (Å²) in [5.41, 5.74) is 5.84. The number of ether oxygens (including phenoxy) is 4. The summed E-state index contributed by atoms with van der Waals surface area (Å²) in [5, 5.41) is 20.8. The predicted octanol–water partition coefficient (Wildman–Crippen LogP) is 6.43. The summed E-state index contributed by atoms with van der Waals surface area (Å²) in [6.07, 6.45) is 0.668. The molecule has 0 saturated carbocycles. The second-order valence-electron chi connectivity index (χ2n) is 12.0. The molecule has 0 fully saturated rings. The summed E-state index contributed by atoms with van der Waals surface area (Å²) in [6, 6.07) is 38.3. The Morgan fingerprint density at radius 1 is 0.529 bits per heavy atom. The van der Waals surface area contributed by atoms with Crippen LogP contribution in [0.4, 0.5) is 0 Å². The average molecular weight is 687 g/mol. The summed E-state index contributed by atoms with van der Waals surface area (Å²) in [5.74, 6) is -0.112. The molecule has 0 radical (unpaired) electrons. The van der Waals surface area contributed by atoms with Crippen molar-refractivity contribution >= 4 is 11.9 Å². The SMILES string of the molecule is O=C(OCC(O)COc1ccc(C2(c3ccc(OCC(O)COC(=O)c4ccco4)cc3)c3ccccc3-c3ccccc32)cc1)c1ccco1. The molecule has 0 bridgehead atoms. The van der Waals surface area contributed by atoms with Gasteiger partial charge in [0.25, 0.3) is 0 Å². The van der Waals surface area contributed by atoms with E-state index >= 15 is 0 Å². The van der Waals surface area contributed by atoms with Crippen molar-refractivity contribution < 1.29 is 47.6 Å². The molecule has 10 heteroatoms. The lowest BCUT2D eigenvalue weighted by atomic mass is 9.68. The van der Waals surface area contributed by atoms with Gasteiger partial charge in [0.2, 0.25) is 11.5 Å². The van der Waals surface area contributed by atoms with Crippen LogP contribution in [0, 0.1) is 0 Å². The molecule has 0 amide bonds. The second-order valence-corrected chi connectivity index (χ2v) is 12.0. The molecular formula is C41H34O10. The first-order chi connectivity index (χ1) is 24.9. The van der Waals surface area contributed by atoms with Crippen molar-refractivity contribution in [3.05, 3.63) is 168 Å². The lowest BCUT2D eigenvalue weighted by molar-refractivity contribution is 0.0103. The monoisotopic (exact) mass is 686 g/mol. The van der Waals surface area contributed by atoms with E-state index in [1.54, 1.807) is 12.1 Å². The number of hydrogen-bond acceptors (Lipinski definition) is 10. The first-order valence-electron chi connectivity index (χ1n) is 16.4. The van der Waals surface area contributed by atoms with Gasteiger partial charge in [-0.1, -0.05) is 72.8 Å². The maximum Gasteiger partial charge on any atom is 0.374 e. The number of furan rings is 2. The Hall–Kier alpha value is -6.10. The second kappa shape index (κ2) is 14.8. The molecule has 2 atom stereocenters. The van der Waals surface area contributed by atoms with Gasteiger partial charge >= 0.3 is 11.9 Å². The fourth-order valence-electron chi connectivity index (χ4n) is 6.38. The minimum absolute atomic E-state index is 0.0605. The Kier molecular flexibility index (Phi) is 9.69. The highest BCUT2D eigenvalue weighted by molar-refractivity contribution is 5.87. The maximum absolute atomic E-state index is 12.0. The van der Waals surface area contributed by atoms with Crippen LogP contribution in [0.15, 0.2) is 143 Å². The van der Waals surface area contributed by atoms with Gasteiger partial charge < -0.3 is 38.0 Å². The van der Waals surface area contributed by atoms with E-state index < -0.39 is 29.6 Å². The van der Waals surface area contributed by atoms with Gasteiger partial charge in [0.05, 0.1) is 17.9 Å². The molecule has 0 aliphatic heterocycles. The largest absolute Gasteiger partial charge is 0.491 e. The Bertz CT molecular complexity index is 1910. The zero-order chi connectivity index (χ0) is 35.2. The minimum Gasteiger partial charge on any atom is -0.491 e. The van der Waals surface area contributed by atoms with Gasteiger partial charge in [-0.05, 0) is 81.9 Å². The number of aliphatic hydroxyl groups is 2. The van der Waals surface area contributed by atoms with E-state index in [1.165, 1.54) is 24.7 Å². The van der Waals surface area contributed by atoms with Gasteiger partial charge in [-0.25, -0.2) is 9.59 Å². The molecule has 1 aliphatic rings. The molecule has 2 N–H and O–H groups in total. The topological polar surface area (TPSA) is 138 Å². The Labute approximate surface area is 293 Å². The van der Waals surface area contributed by atoms with Gasteiger partial charge in [0, 0.05) is 0 Å². The first-order valence-corrected chi connectivity index (χ1v) is 16.4. The lowest BCUT2D eigenvalue weighted by Crippen LogP contribution is -2.28. The summed E-state index contributed by atoms with van der Waals surface area (Å²) < 4.78 is 32.0.